The Bertz CT molecular complexity index is 298. The first-order chi connectivity index (χ1) is 7.85. The van der Waals surface area contributed by atoms with Crippen LogP contribution in [-0.4, -0.2) is 40.1 Å². The lowest BCUT2D eigenvalue weighted by Crippen LogP contribution is -2.51. The zero-order chi connectivity index (χ0) is 13.1. The molecule has 98 valence electrons. The molecular formula is C12H22N2O3. The lowest BCUT2D eigenvalue weighted by Gasteiger charge is -2.30. The second-order valence-electron chi connectivity index (χ2n) is 5.32. The van der Waals surface area contributed by atoms with E-state index in [2.05, 4.69) is 12.2 Å². The number of nitrogens with zero attached hydrogens (tertiary/aromatic N) is 1. The highest BCUT2D eigenvalue weighted by Crippen LogP contribution is 2.27. The van der Waals surface area contributed by atoms with E-state index in [4.69, 9.17) is 5.11 Å². The number of carboxylic acids is 1. The first-order valence-electron chi connectivity index (χ1n) is 6.16. The van der Waals surface area contributed by atoms with Gasteiger partial charge in [-0.15, -0.1) is 0 Å². The Labute approximate surface area is 102 Å². The molecule has 5 nitrogen and oxygen atoms in total. The van der Waals surface area contributed by atoms with Crippen molar-refractivity contribution in [1.82, 2.24) is 10.2 Å². The fourth-order valence-corrected chi connectivity index (χ4v) is 1.95. The minimum Gasteiger partial charge on any atom is -0.480 e. The molecule has 0 spiro atoms. The maximum absolute atomic E-state index is 12.0. The Balaban J connectivity index is 2.56. The molecule has 1 aliphatic carbocycles. The summed E-state index contributed by atoms with van der Waals surface area (Å²) in [5, 5.41) is 11.7. The molecule has 0 radical (unpaired) electrons. The number of carbonyl (C=O) groups excluding carboxylic acids is 1. The lowest BCUT2D eigenvalue weighted by molar-refractivity contribution is -0.137. The molecule has 0 unspecified atom stereocenters. The topological polar surface area (TPSA) is 69.6 Å². The summed E-state index contributed by atoms with van der Waals surface area (Å²) in [6.07, 6.45) is 3.68. The molecule has 0 aliphatic heterocycles. The summed E-state index contributed by atoms with van der Waals surface area (Å²) < 4.78 is 0. The van der Waals surface area contributed by atoms with Crippen molar-refractivity contribution in [2.75, 3.05) is 6.54 Å². The van der Waals surface area contributed by atoms with Gasteiger partial charge in [-0.1, -0.05) is 13.3 Å². The van der Waals surface area contributed by atoms with Gasteiger partial charge in [0, 0.05) is 11.6 Å². The van der Waals surface area contributed by atoms with Crippen LogP contribution in [0.5, 0.6) is 0 Å². The van der Waals surface area contributed by atoms with Crippen molar-refractivity contribution < 1.29 is 14.7 Å². The summed E-state index contributed by atoms with van der Waals surface area (Å²) in [5.41, 5.74) is -0.280. The van der Waals surface area contributed by atoms with Gasteiger partial charge >= 0.3 is 12.0 Å². The van der Waals surface area contributed by atoms with Crippen molar-refractivity contribution in [3.05, 3.63) is 0 Å². The number of aliphatic carboxylic acids is 1. The van der Waals surface area contributed by atoms with Gasteiger partial charge in [0.1, 0.15) is 6.54 Å². The Hall–Kier alpha value is -1.26. The maximum Gasteiger partial charge on any atom is 0.323 e. The van der Waals surface area contributed by atoms with Crippen molar-refractivity contribution >= 4 is 12.0 Å². The lowest BCUT2D eigenvalue weighted by atomic mass is 9.99. The number of amides is 2. The maximum atomic E-state index is 12.0. The van der Waals surface area contributed by atoms with E-state index in [1.54, 1.807) is 0 Å². The molecule has 1 fully saturated rings. The van der Waals surface area contributed by atoms with Gasteiger partial charge in [0.05, 0.1) is 0 Å². The van der Waals surface area contributed by atoms with Gasteiger partial charge in [-0.2, -0.15) is 0 Å². The predicted octanol–water partition coefficient (Wildman–Crippen LogP) is 1.82. The van der Waals surface area contributed by atoms with E-state index in [0.717, 1.165) is 25.7 Å². The Morgan fingerprint density at radius 3 is 2.41 bits per heavy atom. The van der Waals surface area contributed by atoms with Crippen LogP contribution in [0, 0.1) is 0 Å². The number of rotatable bonds is 6. The predicted molar refractivity (Wildman–Crippen MR) is 64.9 cm³/mol. The fourth-order valence-electron chi connectivity index (χ4n) is 1.95. The van der Waals surface area contributed by atoms with E-state index in [1.165, 1.54) is 4.90 Å². The van der Waals surface area contributed by atoms with Crippen LogP contribution in [-0.2, 0) is 4.79 Å². The molecule has 0 aromatic carbocycles. The van der Waals surface area contributed by atoms with Crippen molar-refractivity contribution in [3.8, 4) is 0 Å². The van der Waals surface area contributed by atoms with Crippen molar-refractivity contribution in [3.63, 3.8) is 0 Å². The third-order valence-corrected chi connectivity index (χ3v) is 2.87. The van der Waals surface area contributed by atoms with Crippen LogP contribution >= 0.6 is 0 Å². The number of carbonyl (C=O) groups is 2. The van der Waals surface area contributed by atoms with Crippen LogP contribution in [0.3, 0.4) is 0 Å². The molecule has 0 atom stereocenters. The molecule has 5 heteroatoms. The number of hydrogen-bond acceptors (Lipinski definition) is 2. The Morgan fingerprint density at radius 2 is 2.00 bits per heavy atom. The van der Waals surface area contributed by atoms with Crippen molar-refractivity contribution in [1.29, 1.82) is 0 Å². The molecule has 2 amide bonds. The normalized spacial score (nSPS) is 15.5. The molecule has 1 saturated carbocycles. The highest BCUT2D eigenvalue weighted by Gasteiger charge is 2.35. The molecule has 0 bridgehead atoms. The Kier molecular flexibility index (Phi) is 4.37. The molecule has 0 heterocycles. The molecule has 1 aliphatic rings. The largest absolute Gasteiger partial charge is 0.480 e. The van der Waals surface area contributed by atoms with Gasteiger partial charge in [-0.3, -0.25) is 4.79 Å². The van der Waals surface area contributed by atoms with Crippen LogP contribution in [0.1, 0.15) is 46.5 Å². The summed E-state index contributed by atoms with van der Waals surface area (Å²) in [6, 6.07) is -0.142. The van der Waals surface area contributed by atoms with Gasteiger partial charge in [0.2, 0.25) is 0 Å². The minimum atomic E-state index is -0.958. The average Bonchev–Trinajstić information content (AvgIpc) is 2.95. The van der Waals surface area contributed by atoms with Gasteiger partial charge in [-0.25, -0.2) is 4.79 Å². The number of nitrogens with one attached hydrogen (secondary N) is 1. The van der Waals surface area contributed by atoms with Crippen LogP contribution < -0.4 is 5.32 Å². The van der Waals surface area contributed by atoms with Crippen LogP contribution in [0.2, 0.25) is 0 Å². The molecule has 0 aromatic rings. The fraction of sp³-hybridized carbons (Fsp3) is 0.833. The summed E-state index contributed by atoms with van der Waals surface area (Å²) in [5.74, 6) is -0.958. The van der Waals surface area contributed by atoms with Gasteiger partial charge in [-0.05, 0) is 33.1 Å². The standard InChI is InChI=1S/C12H22N2O3/c1-4-7-12(2,3)13-11(17)14(8-10(15)16)9-5-6-9/h9H,4-8H2,1-3H3,(H,13,17)(H,15,16). The molecule has 2 N–H and O–H groups in total. The number of urea groups is 1. The summed E-state index contributed by atoms with van der Waals surface area (Å²) in [7, 11) is 0. The molecule has 0 aromatic heterocycles. The first-order valence-corrected chi connectivity index (χ1v) is 6.16. The number of carboxylic acid groups (broad SMARTS) is 1. The number of hydrogen-bond donors (Lipinski definition) is 2. The highest BCUT2D eigenvalue weighted by atomic mass is 16.4. The van der Waals surface area contributed by atoms with Crippen LogP contribution in [0.25, 0.3) is 0 Å². The molecule has 0 saturated heterocycles. The second kappa shape index (κ2) is 5.38. The Morgan fingerprint density at radius 1 is 1.41 bits per heavy atom. The smallest absolute Gasteiger partial charge is 0.323 e. The van der Waals surface area contributed by atoms with Crippen molar-refractivity contribution in [2.24, 2.45) is 0 Å². The summed E-state index contributed by atoms with van der Waals surface area (Å²) in [6.45, 7) is 5.77. The molecular weight excluding hydrogens is 220 g/mol. The molecule has 1 rings (SSSR count). The zero-order valence-corrected chi connectivity index (χ0v) is 10.8. The van der Waals surface area contributed by atoms with E-state index in [9.17, 15) is 9.59 Å². The summed E-state index contributed by atoms with van der Waals surface area (Å²) in [4.78, 5) is 24.1. The highest BCUT2D eigenvalue weighted by molar-refractivity contribution is 5.81. The average molecular weight is 242 g/mol. The third kappa shape index (κ3) is 4.63. The van der Waals surface area contributed by atoms with Crippen molar-refractivity contribution in [2.45, 2.75) is 58.0 Å². The third-order valence-electron chi connectivity index (χ3n) is 2.87. The van der Waals surface area contributed by atoms with Gasteiger partial charge < -0.3 is 15.3 Å². The monoisotopic (exact) mass is 242 g/mol. The zero-order valence-electron chi connectivity index (χ0n) is 10.8. The van der Waals surface area contributed by atoms with E-state index < -0.39 is 5.97 Å². The van der Waals surface area contributed by atoms with E-state index in [-0.39, 0.29) is 24.2 Å². The quantitative estimate of drug-likeness (QED) is 0.746. The molecule has 17 heavy (non-hydrogen) atoms. The van der Waals surface area contributed by atoms with E-state index in [1.807, 2.05) is 13.8 Å². The first kappa shape index (κ1) is 13.8. The van der Waals surface area contributed by atoms with E-state index >= 15 is 0 Å². The SMILES string of the molecule is CCCC(C)(C)NC(=O)N(CC(=O)O)C1CC1. The van der Waals surface area contributed by atoms with Crippen LogP contribution in [0.4, 0.5) is 4.79 Å². The minimum absolute atomic E-state index is 0.114. The van der Waals surface area contributed by atoms with Gasteiger partial charge in [0.25, 0.3) is 0 Å². The van der Waals surface area contributed by atoms with Gasteiger partial charge in [0.15, 0.2) is 0 Å². The van der Waals surface area contributed by atoms with Crippen LogP contribution in [0.15, 0.2) is 0 Å². The summed E-state index contributed by atoms with van der Waals surface area (Å²) >= 11 is 0. The second-order valence-corrected chi connectivity index (χ2v) is 5.32. The van der Waals surface area contributed by atoms with E-state index in [0.29, 0.717) is 0 Å².